The Morgan fingerprint density at radius 2 is 1.62 bits per heavy atom. The number of carbonyl (C=O) groups excluding carboxylic acids is 2. The topological polar surface area (TPSA) is 96.0 Å². The molecule has 2 amide bonds. The molecule has 3 aromatic rings. The first kappa shape index (κ1) is 33.2. The monoisotopic (exact) mass is 633 g/mol. The molecule has 1 atom stereocenters. The lowest BCUT2D eigenvalue weighted by molar-refractivity contribution is -0.140. The van der Waals surface area contributed by atoms with Gasteiger partial charge in [-0.2, -0.15) is 0 Å². The SMILES string of the molecule is CCC(C(=O)NCC(C)C)N(Cc1cccc(OC)c1)C(=O)CN(c1cc(Cl)cc(Cl)c1)S(=O)(=O)c1ccc(C)cc1. The Morgan fingerprint density at radius 3 is 2.19 bits per heavy atom. The Hall–Kier alpha value is -3.27. The number of hydrogen-bond donors (Lipinski definition) is 1. The van der Waals surface area contributed by atoms with Crippen LogP contribution in [0.15, 0.2) is 71.6 Å². The summed E-state index contributed by atoms with van der Waals surface area (Å²) in [6, 6.07) is 17.0. The Kier molecular flexibility index (Phi) is 11.7. The van der Waals surface area contributed by atoms with Gasteiger partial charge in [-0.3, -0.25) is 13.9 Å². The van der Waals surface area contributed by atoms with Gasteiger partial charge in [0.15, 0.2) is 0 Å². The molecule has 11 heteroatoms. The van der Waals surface area contributed by atoms with Crippen molar-refractivity contribution in [3.8, 4) is 5.75 Å². The first-order chi connectivity index (χ1) is 19.8. The second-order valence-corrected chi connectivity index (χ2v) is 13.1. The van der Waals surface area contributed by atoms with Crippen molar-refractivity contribution in [3.05, 3.63) is 87.9 Å². The van der Waals surface area contributed by atoms with Crippen LogP contribution in [0.4, 0.5) is 5.69 Å². The van der Waals surface area contributed by atoms with E-state index in [-0.39, 0.29) is 39.0 Å². The van der Waals surface area contributed by atoms with Crippen LogP contribution in [0, 0.1) is 12.8 Å². The molecule has 42 heavy (non-hydrogen) atoms. The second-order valence-electron chi connectivity index (χ2n) is 10.4. The van der Waals surface area contributed by atoms with Gasteiger partial charge in [0.2, 0.25) is 11.8 Å². The van der Waals surface area contributed by atoms with Gasteiger partial charge in [-0.1, -0.05) is 73.8 Å². The largest absolute Gasteiger partial charge is 0.497 e. The molecule has 0 fully saturated rings. The summed E-state index contributed by atoms with van der Waals surface area (Å²) in [5.41, 5.74) is 1.72. The summed E-state index contributed by atoms with van der Waals surface area (Å²) in [6.45, 7) is 7.51. The minimum absolute atomic E-state index is 0.00179. The maximum atomic E-state index is 14.2. The van der Waals surface area contributed by atoms with Crippen LogP contribution in [0.25, 0.3) is 0 Å². The van der Waals surface area contributed by atoms with Crippen molar-refractivity contribution in [2.45, 2.75) is 51.6 Å². The number of anilines is 1. The quantitative estimate of drug-likeness (QED) is 0.246. The van der Waals surface area contributed by atoms with Crippen molar-refractivity contribution in [3.63, 3.8) is 0 Å². The fourth-order valence-corrected chi connectivity index (χ4v) is 6.27. The summed E-state index contributed by atoms with van der Waals surface area (Å²) < 4.78 is 34.3. The predicted octanol–water partition coefficient (Wildman–Crippen LogP) is 6.09. The van der Waals surface area contributed by atoms with Crippen LogP contribution in [-0.4, -0.2) is 51.4 Å². The molecular formula is C31H37Cl2N3O5S. The van der Waals surface area contributed by atoms with Crippen LogP contribution in [0.3, 0.4) is 0 Å². The number of nitrogens with zero attached hydrogens (tertiary/aromatic N) is 2. The molecule has 8 nitrogen and oxygen atoms in total. The lowest BCUT2D eigenvalue weighted by Crippen LogP contribution is -2.52. The fraction of sp³-hybridized carbons (Fsp3) is 0.355. The van der Waals surface area contributed by atoms with Gasteiger partial charge in [0.05, 0.1) is 17.7 Å². The Morgan fingerprint density at radius 1 is 0.976 bits per heavy atom. The zero-order chi connectivity index (χ0) is 31.0. The standard InChI is InChI=1S/C31H37Cl2N3O5S/c1-6-29(31(38)34-18-21(2)3)35(19-23-8-7-9-27(14-23)41-5)30(37)20-36(26-16-24(32)15-25(33)17-26)42(39,40)28-12-10-22(4)11-13-28/h7-17,21,29H,6,18-20H2,1-5H3,(H,34,38). The molecule has 0 bridgehead atoms. The van der Waals surface area contributed by atoms with Crippen LogP contribution < -0.4 is 14.4 Å². The molecule has 0 aromatic heterocycles. The molecule has 0 spiro atoms. The van der Waals surface area contributed by atoms with Gasteiger partial charge < -0.3 is 15.0 Å². The van der Waals surface area contributed by atoms with E-state index in [1.165, 1.54) is 35.2 Å². The minimum atomic E-state index is -4.24. The van der Waals surface area contributed by atoms with Gasteiger partial charge in [-0.15, -0.1) is 0 Å². The number of halogens is 2. The molecule has 0 aliphatic heterocycles. The van der Waals surface area contributed by atoms with Gasteiger partial charge in [0.1, 0.15) is 18.3 Å². The number of sulfonamides is 1. The van der Waals surface area contributed by atoms with Gasteiger partial charge in [0, 0.05) is 23.1 Å². The zero-order valence-corrected chi connectivity index (χ0v) is 26.8. The van der Waals surface area contributed by atoms with Gasteiger partial charge in [0.25, 0.3) is 10.0 Å². The van der Waals surface area contributed by atoms with Crippen molar-refractivity contribution in [1.82, 2.24) is 10.2 Å². The van der Waals surface area contributed by atoms with Crippen LogP contribution >= 0.6 is 23.2 Å². The van der Waals surface area contributed by atoms with E-state index in [1.807, 2.05) is 33.8 Å². The van der Waals surface area contributed by atoms with Gasteiger partial charge >= 0.3 is 0 Å². The fourth-order valence-electron chi connectivity index (χ4n) is 4.36. The van der Waals surface area contributed by atoms with Crippen LogP contribution in [0.5, 0.6) is 5.75 Å². The number of methoxy groups -OCH3 is 1. The number of carbonyl (C=O) groups is 2. The third-order valence-corrected chi connectivity index (χ3v) is 8.81. The highest BCUT2D eigenvalue weighted by Gasteiger charge is 2.34. The van der Waals surface area contributed by atoms with Crippen molar-refractivity contribution >= 4 is 50.7 Å². The smallest absolute Gasteiger partial charge is 0.264 e. The number of rotatable bonds is 13. The molecule has 0 heterocycles. The molecule has 3 rings (SSSR count). The Balaban J connectivity index is 2.09. The van der Waals surface area contributed by atoms with E-state index in [4.69, 9.17) is 27.9 Å². The average molecular weight is 635 g/mol. The van der Waals surface area contributed by atoms with E-state index in [0.717, 1.165) is 15.4 Å². The summed E-state index contributed by atoms with van der Waals surface area (Å²) in [7, 11) is -2.70. The van der Waals surface area contributed by atoms with Crippen LogP contribution in [0.1, 0.15) is 38.3 Å². The van der Waals surface area contributed by atoms with E-state index in [9.17, 15) is 18.0 Å². The summed E-state index contributed by atoms with van der Waals surface area (Å²) >= 11 is 12.5. The lowest BCUT2D eigenvalue weighted by atomic mass is 10.1. The number of aryl methyl sites for hydroxylation is 1. The molecule has 3 aromatic carbocycles. The molecule has 1 unspecified atom stereocenters. The normalized spacial score (nSPS) is 12.1. The van der Waals surface area contributed by atoms with E-state index >= 15 is 0 Å². The molecule has 0 aliphatic carbocycles. The molecular weight excluding hydrogens is 597 g/mol. The summed E-state index contributed by atoms with van der Waals surface area (Å²) in [6.07, 6.45) is 0.313. The minimum Gasteiger partial charge on any atom is -0.497 e. The molecule has 226 valence electrons. The van der Waals surface area contributed by atoms with E-state index in [2.05, 4.69) is 5.32 Å². The average Bonchev–Trinajstić information content (AvgIpc) is 2.94. The molecule has 0 radical (unpaired) electrons. The van der Waals surface area contributed by atoms with Crippen molar-refractivity contribution in [2.24, 2.45) is 5.92 Å². The number of nitrogens with one attached hydrogen (secondary N) is 1. The lowest BCUT2D eigenvalue weighted by Gasteiger charge is -2.33. The number of ether oxygens (including phenoxy) is 1. The van der Waals surface area contributed by atoms with Crippen molar-refractivity contribution in [1.29, 1.82) is 0 Å². The number of hydrogen-bond acceptors (Lipinski definition) is 5. The predicted molar refractivity (Wildman–Crippen MR) is 168 cm³/mol. The maximum Gasteiger partial charge on any atom is 0.264 e. The highest BCUT2D eigenvalue weighted by molar-refractivity contribution is 7.92. The Labute approximate surface area is 258 Å². The number of amides is 2. The third-order valence-electron chi connectivity index (χ3n) is 6.58. The van der Waals surface area contributed by atoms with Crippen molar-refractivity contribution < 1.29 is 22.7 Å². The third kappa shape index (κ3) is 8.63. The van der Waals surface area contributed by atoms with E-state index in [1.54, 1.807) is 37.4 Å². The van der Waals surface area contributed by atoms with Crippen molar-refractivity contribution in [2.75, 3.05) is 24.5 Å². The molecule has 1 N–H and O–H groups in total. The van der Waals surface area contributed by atoms with E-state index in [0.29, 0.717) is 18.7 Å². The van der Waals surface area contributed by atoms with Gasteiger partial charge in [-0.05, 0) is 67.3 Å². The summed E-state index contributed by atoms with van der Waals surface area (Å²) in [4.78, 5) is 28.9. The Bertz CT molecular complexity index is 1480. The zero-order valence-electron chi connectivity index (χ0n) is 24.4. The first-order valence-electron chi connectivity index (χ1n) is 13.6. The second kappa shape index (κ2) is 14.8. The number of benzene rings is 3. The maximum absolute atomic E-state index is 14.2. The molecule has 0 saturated carbocycles. The van der Waals surface area contributed by atoms with Crippen LogP contribution in [0.2, 0.25) is 10.0 Å². The van der Waals surface area contributed by atoms with Gasteiger partial charge in [-0.25, -0.2) is 8.42 Å². The first-order valence-corrected chi connectivity index (χ1v) is 15.8. The summed E-state index contributed by atoms with van der Waals surface area (Å²) in [5, 5.41) is 3.33. The molecule has 0 aliphatic rings. The highest BCUT2D eigenvalue weighted by atomic mass is 35.5. The van der Waals surface area contributed by atoms with E-state index < -0.39 is 28.5 Å². The molecule has 0 saturated heterocycles. The summed E-state index contributed by atoms with van der Waals surface area (Å²) in [5.74, 6) is -0.0941. The highest BCUT2D eigenvalue weighted by Crippen LogP contribution is 2.30. The van der Waals surface area contributed by atoms with Crippen LogP contribution in [-0.2, 0) is 26.2 Å².